The lowest BCUT2D eigenvalue weighted by Gasteiger charge is -2.22. The first kappa shape index (κ1) is 19.0. The van der Waals surface area contributed by atoms with Crippen LogP contribution in [0.2, 0.25) is 0 Å². The lowest BCUT2D eigenvalue weighted by molar-refractivity contribution is 0.306. The lowest BCUT2D eigenvalue weighted by Crippen LogP contribution is -2.20. The molecule has 6 nitrogen and oxygen atoms in total. The van der Waals surface area contributed by atoms with Gasteiger partial charge >= 0.3 is 0 Å². The summed E-state index contributed by atoms with van der Waals surface area (Å²) in [7, 11) is 0. The molecule has 5 rings (SSSR count). The zero-order valence-electron chi connectivity index (χ0n) is 16.4. The molecule has 0 bridgehead atoms. The number of ether oxygens (including phenoxy) is 2. The van der Waals surface area contributed by atoms with Gasteiger partial charge in [-0.3, -0.25) is 5.10 Å². The quantitative estimate of drug-likeness (QED) is 0.471. The number of hydrogen-bond donors (Lipinski definition) is 2. The van der Waals surface area contributed by atoms with Crippen LogP contribution in [0.1, 0.15) is 21.9 Å². The summed E-state index contributed by atoms with van der Waals surface area (Å²) in [5, 5.41) is 19.1. The Morgan fingerprint density at radius 3 is 2.61 bits per heavy atom. The number of allylic oxidation sites excluding steroid dienone is 1. The van der Waals surface area contributed by atoms with Gasteiger partial charge in [-0.2, -0.15) is 5.26 Å². The van der Waals surface area contributed by atoms with Gasteiger partial charge in [0.25, 0.3) is 0 Å². The third kappa shape index (κ3) is 3.54. The van der Waals surface area contributed by atoms with Gasteiger partial charge in [0.15, 0.2) is 0 Å². The van der Waals surface area contributed by atoms with Crippen LogP contribution in [0.5, 0.6) is 11.6 Å². The summed E-state index contributed by atoms with van der Waals surface area (Å²) in [6.07, 6.45) is 0. The molecule has 0 radical (unpaired) electrons. The van der Waals surface area contributed by atoms with Gasteiger partial charge in [-0.15, -0.1) is 16.4 Å². The van der Waals surface area contributed by atoms with Crippen LogP contribution in [0.25, 0.3) is 11.3 Å². The van der Waals surface area contributed by atoms with E-state index in [4.69, 9.17) is 15.2 Å². The standard InChI is InChI=1S/C24H18N4O2S/c25-13-18-20(19-7-4-12-31-19)21-22(27-28-24(21)30-23(18)26)16-8-10-17(11-9-16)29-14-15-5-2-1-3-6-15/h1-12,20H,14,26H2,(H,27,28)/t20-/m1/s1. The van der Waals surface area contributed by atoms with Crippen LogP contribution in [0.4, 0.5) is 0 Å². The lowest BCUT2D eigenvalue weighted by atomic mass is 9.87. The van der Waals surface area contributed by atoms with Crippen molar-refractivity contribution in [1.82, 2.24) is 10.2 Å². The SMILES string of the molecule is N#CC1=C(N)Oc2n[nH]c(-c3ccc(OCc4ccccc4)cc3)c2[C@H]1c1cccs1. The molecule has 0 saturated heterocycles. The Kier molecular flexibility index (Phi) is 4.90. The first-order chi connectivity index (χ1) is 15.2. The molecule has 0 saturated carbocycles. The summed E-state index contributed by atoms with van der Waals surface area (Å²) in [5.41, 5.74) is 10.0. The Hall–Kier alpha value is -4.02. The van der Waals surface area contributed by atoms with Crippen LogP contribution in [-0.4, -0.2) is 10.2 Å². The normalized spacial score (nSPS) is 15.1. The van der Waals surface area contributed by atoms with Crippen molar-refractivity contribution in [2.45, 2.75) is 12.5 Å². The van der Waals surface area contributed by atoms with Gasteiger partial charge in [-0.1, -0.05) is 36.4 Å². The van der Waals surface area contributed by atoms with Gasteiger partial charge < -0.3 is 15.2 Å². The third-order valence-corrected chi connectivity index (χ3v) is 6.10. The predicted octanol–water partition coefficient (Wildman–Crippen LogP) is 4.94. The maximum absolute atomic E-state index is 9.73. The third-order valence-electron chi connectivity index (χ3n) is 5.16. The number of nitrogens with zero attached hydrogens (tertiary/aromatic N) is 2. The van der Waals surface area contributed by atoms with E-state index in [-0.39, 0.29) is 11.8 Å². The van der Waals surface area contributed by atoms with Gasteiger partial charge in [-0.05, 0) is 41.3 Å². The van der Waals surface area contributed by atoms with E-state index in [1.807, 2.05) is 72.1 Å². The molecule has 0 amide bonds. The van der Waals surface area contributed by atoms with Crippen molar-refractivity contribution in [1.29, 1.82) is 5.26 Å². The highest BCUT2D eigenvalue weighted by Crippen LogP contribution is 2.46. The number of aromatic nitrogens is 2. The molecule has 4 aromatic rings. The number of rotatable bonds is 5. The second-order valence-corrected chi connectivity index (χ2v) is 8.04. The highest BCUT2D eigenvalue weighted by Gasteiger charge is 2.36. The average molecular weight is 427 g/mol. The number of thiophene rings is 1. The molecular weight excluding hydrogens is 408 g/mol. The molecule has 1 aliphatic rings. The van der Waals surface area contributed by atoms with Crippen LogP contribution in [0.15, 0.2) is 83.6 Å². The van der Waals surface area contributed by atoms with Crippen molar-refractivity contribution < 1.29 is 9.47 Å². The number of aromatic amines is 1. The van der Waals surface area contributed by atoms with E-state index in [2.05, 4.69) is 16.3 Å². The van der Waals surface area contributed by atoms with E-state index >= 15 is 0 Å². The van der Waals surface area contributed by atoms with Crippen molar-refractivity contribution >= 4 is 11.3 Å². The smallest absolute Gasteiger partial charge is 0.244 e. The number of nitrogens with one attached hydrogen (secondary N) is 1. The summed E-state index contributed by atoms with van der Waals surface area (Å²) in [5.74, 6) is 0.941. The number of hydrogen-bond acceptors (Lipinski definition) is 6. The van der Waals surface area contributed by atoms with Crippen molar-refractivity contribution in [3.8, 4) is 29.0 Å². The number of nitrogens with two attached hydrogens (primary N) is 1. The molecule has 0 spiro atoms. The summed E-state index contributed by atoms with van der Waals surface area (Å²) in [4.78, 5) is 1.01. The summed E-state index contributed by atoms with van der Waals surface area (Å²) >= 11 is 1.57. The Morgan fingerprint density at radius 1 is 1.10 bits per heavy atom. The fourth-order valence-corrected chi connectivity index (χ4v) is 4.51. The molecule has 1 aliphatic heterocycles. The minimum Gasteiger partial charge on any atom is -0.489 e. The van der Waals surface area contributed by atoms with Crippen molar-refractivity contribution in [3.63, 3.8) is 0 Å². The van der Waals surface area contributed by atoms with Crippen LogP contribution in [0.3, 0.4) is 0 Å². The average Bonchev–Trinajstić information content (AvgIpc) is 3.48. The van der Waals surface area contributed by atoms with Crippen LogP contribution >= 0.6 is 11.3 Å². The fourth-order valence-electron chi connectivity index (χ4n) is 3.66. The van der Waals surface area contributed by atoms with Crippen LogP contribution < -0.4 is 15.2 Å². The van der Waals surface area contributed by atoms with Gasteiger partial charge in [0, 0.05) is 10.4 Å². The van der Waals surface area contributed by atoms with Gasteiger partial charge in [0.2, 0.25) is 11.8 Å². The van der Waals surface area contributed by atoms with E-state index < -0.39 is 0 Å². The van der Waals surface area contributed by atoms with Crippen LogP contribution in [0, 0.1) is 11.3 Å². The summed E-state index contributed by atoms with van der Waals surface area (Å²) in [6.45, 7) is 0.504. The molecular formula is C24H18N4O2S. The van der Waals surface area contributed by atoms with E-state index in [0.717, 1.165) is 33.0 Å². The van der Waals surface area contributed by atoms with Crippen molar-refractivity contribution in [2.24, 2.45) is 5.73 Å². The van der Waals surface area contributed by atoms with E-state index in [1.165, 1.54) is 0 Å². The van der Waals surface area contributed by atoms with Crippen molar-refractivity contribution in [2.75, 3.05) is 0 Å². The highest BCUT2D eigenvalue weighted by atomic mass is 32.1. The maximum Gasteiger partial charge on any atom is 0.244 e. The Balaban J connectivity index is 1.46. The zero-order valence-corrected chi connectivity index (χ0v) is 17.2. The predicted molar refractivity (Wildman–Crippen MR) is 118 cm³/mol. The molecule has 152 valence electrons. The van der Waals surface area contributed by atoms with E-state index in [9.17, 15) is 5.26 Å². The molecule has 2 aromatic heterocycles. The Labute approximate surface area is 183 Å². The Bertz CT molecular complexity index is 1270. The second-order valence-electron chi connectivity index (χ2n) is 7.06. The fraction of sp³-hybridized carbons (Fsp3) is 0.0833. The second kappa shape index (κ2) is 8.01. The molecule has 2 aromatic carbocycles. The van der Waals surface area contributed by atoms with Gasteiger partial charge in [0.05, 0.1) is 17.2 Å². The largest absolute Gasteiger partial charge is 0.489 e. The van der Waals surface area contributed by atoms with Crippen molar-refractivity contribution in [3.05, 3.63) is 99.6 Å². The molecule has 3 N–H and O–H groups in total. The summed E-state index contributed by atoms with van der Waals surface area (Å²) < 4.78 is 11.5. The molecule has 0 fully saturated rings. The maximum atomic E-state index is 9.73. The number of fused-ring (bicyclic) bond motifs is 1. The van der Waals surface area contributed by atoms with Gasteiger partial charge in [-0.25, -0.2) is 0 Å². The van der Waals surface area contributed by atoms with Crippen LogP contribution in [-0.2, 0) is 6.61 Å². The zero-order chi connectivity index (χ0) is 21.2. The number of nitriles is 1. The monoisotopic (exact) mass is 426 g/mol. The minimum absolute atomic E-state index is 0.0936. The first-order valence-electron chi connectivity index (χ1n) is 9.71. The molecule has 7 heteroatoms. The molecule has 31 heavy (non-hydrogen) atoms. The molecule has 0 unspecified atom stereocenters. The van der Waals surface area contributed by atoms with Gasteiger partial charge in [0.1, 0.15) is 24.0 Å². The summed E-state index contributed by atoms with van der Waals surface area (Å²) in [6, 6.07) is 24.0. The number of H-pyrrole nitrogens is 1. The number of benzene rings is 2. The Morgan fingerprint density at radius 2 is 1.90 bits per heavy atom. The molecule has 1 atom stereocenters. The molecule has 0 aliphatic carbocycles. The van der Waals surface area contributed by atoms with E-state index in [0.29, 0.717) is 18.1 Å². The highest BCUT2D eigenvalue weighted by molar-refractivity contribution is 7.10. The topological polar surface area (TPSA) is 97.0 Å². The van der Waals surface area contributed by atoms with E-state index in [1.54, 1.807) is 11.3 Å². The first-order valence-corrected chi connectivity index (χ1v) is 10.6. The minimum atomic E-state index is -0.323. The molecule has 3 heterocycles.